The molecule has 0 saturated heterocycles. The van der Waals surface area contributed by atoms with E-state index in [1.165, 1.54) is 23.1 Å². The smallest absolute Gasteiger partial charge is 0.231 e. The van der Waals surface area contributed by atoms with E-state index in [4.69, 9.17) is 5.73 Å². The number of rotatable bonds is 10. The number of thiazole rings is 1. The zero-order valence-corrected chi connectivity index (χ0v) is 17.9. The number of carbonyl (C=O) groups excluding carboxylic acids is 2. The summed E-state index contributed by atoms with van der Waals surface area (Å²) in [5.41, 5.74) is 6.29. The first-order valence-electron chi connectivity index (χ1n) is 9.69. The van der Waals surface area contributed by atoms with Gasteiger partial charge in [0.25, 0.3) is 0 Å². The topological polar surface area (TPSA) is 116 Å². The quantitative estimate of drug-likeness (QED) is 0.466. The van der Waals surface area contributed by atoms with Gasteiger partial charge in [0.15, 0.2) is 5.16 Å². The van der Waals surface area contributed by atoms with Gasteiger partial charge in [-0.25, -0.2) is 4.98 Å². The molecule has 0 bridgehead atoms. The highest BCUT2D eigenvalue weighted by Gasteiger charge is 2.30. The Morgan fingerprint density at radius 1 is 1.27 bits per heavy atom. The molecule has 3 aromatic rings. The average Bonchev–Trinajstić information content (AvgIpc) is 3.29. The Kier molecular flexibility index (Phi) is 6.44. The van der Waals surface area contributed by atoms with Crippen LogP contribution in [-0.4, -0.2) is 37.3 Å². The first-order chi connectivity index (χ1) is 14.6. The van der Waals surface area contributed by atoms with Gasteiger partial charge in [0.2, 0.25) is 11.8 Å². The van der Waals surface area contributed by atoms with E-state index in [-0.39, 0.29) is 30.0 Å². The maximum Gasteiger partial charge on any atom is 0.231 e. The van der Waals surface area contributed by atoms with Crippen molar-refractivity contribution in [2.24, 2.45) is 5.73 Å². The number of thioether (sulfide) groups is 1. The summed E-state index contributed by atoms with van der Waals surface area (Å²) in [4.78, 5) is 28.3. The Morgan fingerprint density at radius 3 is 2.73 bits per heavy atom. The maximum atomic E-state index is 12.7. The fraction of sp³-hybridized carbons (Fsp3) is 0.350. The Morgan fingerprint density at radius 2 is 2.07 bits per heavy atom. The van der Waals surface area contributed by atoms with Gasteiger partial charge in [-0.05, 0) is 18.4 Å². The summed E-state index contributed by atoms with van der Waals surface area (Å²) in [5.74, 6) is 0.966. The van der Waals surface area contributed by atoms with Crippen LogP contribution in [0.4, 0.5) is 0 Å². The average molecular weight is 443 g/mol. The van der Waals surface area contributed by atoms with Crippen molar-refractivity contribution in [2.45, 2.75) is 42.9 Å². The maximum absolute atomic E-state index is 12.7. The highest BCUT2D eigenvalue weighted by Crippen LogP contribution is 2.40. The van der Waals surface area contributed by atoms with E-state index in [1.807, 2.05) is 40.3 Å². The number of aromatic nitrogens is 4. The van der Waals surface area contributed by atoms with Gasteiger partial charge in [-0.2, -0.15) is 0 Å². The molecule has 2 amide bonds. The molecule has 1 fully saturated rings. The number of primary amides is 1. The van der Waals surface area contributed by atoms with Crippen LogP contribution >= 0.6 is 23.1 Å². The summed E-state index contributed by atoms with van der Waals surface area (Å²) in [6.45, 7) is 0.434. The molecule has 30 heavy (non-hydrogen) atoms. The van der Waals surface area contributed by atoms with E-state index in [0.717, 1.165) is 29.2 Å². The molecule has 0 spiro atoms. The van der Waals surface area contributed by atoms with Crippen LogP contribution in [0, 0.1) is 0 Å². The van der Waals surface area contributed by atoms with Crippen LogP contribution in [0.1, 0.15) is 47.6 Å². The lowest BCUT2D eigenvalue weighted by Gasteiger charge is -2.17. The SMILES string of the molecule is NC(=O)CCn1c(SCC(=O)NC(c2ccccc2)c2nccs2)nnc1C1CC1. The number of hydrogen-bond donors (Lipinski definition) is 2. The first kappa shape index (κ1) is 20.5. The number of nitrogens with two attached hydrogens (primary N) is 1. The Bertz CT molecular complexity index is 1000. The molecule has 3 N–H and O–H groups in total. The van der Waals surface area contributed by atoms with Crippen molar-refractivity contribution in [1.82, 2.24) is 25.1 Å². The van der Waals surface area contributed by atoms with Gasteiger partial charge in [-0.1, -0.05) is 42.1 Å². The monoisotopic (exact) mass is 442 g/mol. The lowest BCUT2D eigenvalue weighted by atomic mass is 10.1. The van der Waals surface area contributed by atoms with Crippen LogP contribution in [0.3, 0.4) is 0 Å². The molecule has 2 aromatic heterocycles. The molecule has 10 heteroatoms. The predicted octanol–water partition coefficient (Wildman–Crippen LogP) is 2.49. The number of benzene rings is 1. The van der Waals surface area contributed by atoms with Crippen LogP contribution in [0.25, 0.3) is 0 Å². The van der Waals surface area contributed by atoms with Gasteiger partial charge in [-0.3, -0.25) is 9.59 Å². The third-order valence-corrected chi connectivity index (χ3v) is 6.55. The predicted molar refractivity (Wildman–Crippen MR) is 115 cm³/mol. The van der Waals surface area contributed by atoms with Gasteiger partial charge in [-0.15, -0.1) is 21.5 Å². The van der Waals surface area contributed by atoms with Crippen molar-refractivity contribution in [3.05, 3.63) is 58.3 Å². The summed E-state index contributed by atoms with van der Waals surface area (Å²) in [6, 6.07) is 9.48. The van der Waals surface area contributed by atoms with Crippen molar-refractivity contribution in [1.29, 1.82) is 0 Å². The van der Waals surface area contributed by atoms with Crippen molar-refractivity contribution >= 4 is 34.9 Å². The van der Waals surface area contributed by atoms with Crippen molar-refractivity contribution in [3.63, 3.8) is 0 Å². The third kappa shape index (κ3) is 5.06. The van der Waals surface area contributed by atoms with E-state index in [0.29, 0.717) is 17.6 Å². The second-order valence-corrected chi connectivity index (χ2v) is 8.92. The number of amides is 2. The van der Waals surface area contributed by atoms with Gasteiger partial charge in [0.05, 0.1) is 5.75 Å². The Balaban J connectivity index is 1.43. The molecule has 0 radical (unpaired) electrons. The molecule has 1 atom stereocenters. The van der Waals surface area contributed by atoms with Crippen LogP contribution in [0.2, 0.25) is 0 Å². The standard InChI is InChI=1S/C20H22N6O2S2/c21-15(27)8-10-26-18(14-6-7-14)24-25-20(26)30-12-16(28)23-17(19-22-9-11-29-19)13-4-2-1-3-5-13/h1-5,9,11,14,17H,6-8,10,12H2,(H2,21,27)(H,23,28). The second-order valence-electron chi connectivity index (χ2n) is 7.05. The van der Waals surface area contributed by atoms with Gasteiger partial charge in [0, 0.05) is 30.5 Å². The summed E-state index contributed by atoms with van der Waals surface area (Å²) in [5, 5.41) is 15.0. The molecule has 1 aliphatic rings. The third-order valence-electron chi connectivity index (χ3n) is 4.74. The van der Waals surface area contributed by atoms with E-state index >= 15 is 0 Å². The summed E-state index contributed by atoms with van der Waals surface area (Å²) < 4.78 is 1.93. The molecule has 1 unspecified atom stereocenters. The van der Waals surface area contributed by atoms with Crippen molar-refractivity contribution in [2.75, 3.05) is 5.75 Å². The van der Waals surface area contributed by atoms with Crippen LogP contribution in [-0.2, 0) is 16.1 Å². The zero-order valence-electron chi connectivity index (χ0n) is 16.2. The molecular formula is C20H22N6O2S2. The fourth-order valence-corrected chi connectivity index (χ4v) is 4.62. The molecule has 4 rings (SSSR count). The van der Waals surface area contributed by atoms with Crippen molar-refractivity contribution in [3.8, 4) is 0 Å². The Labute approximate surface area is 182 Å². The van der Waals surface area contributed by atoms with Crippen LogP contribution in [0.15, 0.2) is 47.1 Å². The lowest BCUT2D eigenvalue weighted by Crippen LogP contribution is -2.30. The van der Waals surface area contributed by atoms with Gasteiger partial charge < -0.3 is 15.6 Å². The highest BCUT2D eigenvalue weighted by molar-refractivity contribution is 7.99. The van der Waals surface area contributed by atoms with Crippen LogP contribution in [0.5, 0.6) is 0 Å². The van der Waals surface area contributed by atoms with E-state index in [2.05, 4.69) is 20.5 Å². The largest absolute Gasteiger partial charge is 0.370 e. The highest BCUT2D eigenvalue weighted by atomic mass is 32.2. The van der Waals surface area contributed by atoms with Crippen molar-refractivity contribution < 1.29 is 9.59 Å². The molecule has 1 saturated carbocycles. The minimum Gasteiger partial charge on any atom is -0.370 e. The molecule has 1 aliphatic carbocycles. The summed E-state index contributed by atoms with van der Waals surface area (Å²) >= 11 is 2.82. The van der Waals surface area contributed by atoms with E-state index in [9.17, 15) is 9.59 Å². The number of nitrogens with one attached hydrogen (secondary N) is 1. The molecule has 0 aliphatic heterocycles. The number of carbonyl (C=O) groups is 2. The van der Waals surface area contributed by atoms with E-state index < -0.39 is 0 Å². The minimum atomic E-state index is -0.367. The molecule has 8 nitrogen and oxygen atoms in total. The van der Waals surface area contributed by atoms with E-state index in [1.54, 1.807) is 6.20 Å². The summed E-state index contributed by atoms with van der Waals surface area (Å²) in [7, 11) is 0. The Hall–Kier alpha value is -2.72. The number of hydrogen-bond acceptors (Lipinski definition) is 7. The normalized spacial score (nSPS) is 14.4. The first-order valence-corrected chi connectivity index (χ1v) is 11.6. The van der Waals surface area contributed by atoms with Gasteiger partial charge >= 0.3 is 0 Å². The van der Waals surface area contributed by atoms with Gasteiger partial charge in [0.1, 0.15) is 16.9 Å². The molecule has 1 aromatic carbocycles. The summed E-state index contributed by atoms with van der Waals surface area (Å²) in [6.07, 6.45) is 4.11. The minimum absolute atomic E-state index is 0.124. The molecular weight excluding hydrogens is 420 g/mol. The molecule has 2 heterocycles. The molecule has 156 valence electrons. The fourth-order valence-electron chi connectivity index (χ4n) is 3.13. The van der Waals surface area contributed by atoms with Crippen LogP contribution < -0.4 is 11.1 Å². The lowest BCUT2D eigenvalue weighted by molar-refractivity contribution is -0.119. The zero-order chi connectivity index (χ0) is 20.9. The number of nitrogens with zero attached hydrogens (tertiary/aromatic N) is 4. The second kappa shape index (κ2) is 9.40.